The number of nitrogen functional groups attached to an aromatic ring is 1. The van der Waals surface area contributed by atoms with E-state index in [0.717, 1.165) is 0 Å². The molecule has 0 saturated heterocycles. The molecule has 0 amide bonds. The van der Waals surface area contributed by atoms with Crippen LogP contribution in [0, 0.1) is 24.1 Å². The van der Waals surface area contributed by atoms with Crippen molar-refractivity contribution in [1.29, 1.82) is 5.26 Å². The third-order valence-corrected chi connectivity index (χ3v) is 2.82. The summed E-state index contributed by atoms with van der Waals surface area (Å²) >= 11 is 0. The third kappa shape index (κ3) is 2.36. The predicted molar refractivity (Wildman–Crippen MR) is 71.4 cm³/mol. The molecule has 1 heterocycles. The number of aromatic nitrogens is 2. The maximum atomic E-state index is 13.8. The maximum Gasteiger partial charge on any atom is 0.152 e. The molecule has 0 aliphatic rings. The first-order valence-electron chi connectivity index (χ1n) is 5.86. The normalized spacial score (nSPS) is 10.2. The Balaban J connectivity index is 2.39. The van der Waals surface area contributed by atoms with Crippen LogP contribution in [0.15, 0.2) is 18.2 Å². The lowest BCUT2D eigenvalue weighted by atomic mass is 10.2. The van der Waals surface area contributed by atoms with Gasteiger partial charge in [-0.25, -0.2) is 9.07 Å². The SMILES string of the molecule is CCn1nc(C)c(N)c1Nc1ccc(C#N)cc1F. The number of nitrogens with two attached hydrogens (primary N) is 1. The standard InChI is InChI=1S/C13H14FN5/c1-3-19-13(12(16)8(2)18-19)17-11-5-4-9(7-15)6-10(11)14/h4-6,17H,3,16H2,1-2H3. The van der Waals surface area contributed by atoms with Gasteiger partial charge < -0.3 is 11.1 Å². The topological polar surface area (TPSA) is 79.7 Å². The van der Waals surface area contributed by atoms with E-state index in [1.54, 1.807) is 17.7 Å². The highest BCUT2D eigenvalue weighted by molar-refractivity contribution is 5.71. The van der Waals surface area contributed by atoms with E-state index in [2.05, 4.69) is 10.4 Å². The van der Waals surface area contributed by atoms with Gasteiger partial charge in [0.05, 0.1) is 28.7 Å². The molecule has 1 aromatic heterocycles. The Bertz CT molecular complexity index is 654. The van der Waals surface area contributed by atoms with E-state index in [-0.39, 0.29) is 11.3 Å². The zero-order valence-electron chi connectivity index (χ0n) is 10.7. The Labute approximate surface area is 110 Å². The zero-order chi connectivity index (χ0) is 14.0. The van der Waals surface area contributed by atoms with E-state index in [1.165, 1.54) is 12.1 Å². The summed E-state index contributed by atoms with van der Waals surface area (Å²) in [6, 6.07) is 6.12. The summed E-state index contributed by atoms with van der Waals surface area (Å²) in [5.74, 6) is 0.0589. The fraction of sp³-hybridized carbons (Fsp3) is 0.231. The van der Waals surface area contributed by atoms with Crippen LogP contribution in [0.1, 0.15) is 18.2 Å². The van der Waals surface area contributed by atoms with Crippen LogP contribution >= 0.6 is 0 Å². The van der Waals surface area contributed by atoms with Gasteiger partial charge >= 0.3 is 0 Å². The molecule has 0 radical (unpaired) electrons. The van der Waals surface area contributed by atoms with Crippen LogP contribution in [0.4, 0.5) is 21.6 Å². The number of nitrogens with one attached hydrogen (secondary N) is 1. The first-order chi connectivity index (χ1) is 9.06. The number of aryl methyl sites for hydroxylation is 2. The van der Waals surface area contributed by atoms with Crippen LogP contribution in [-0.4, -0.2) is 9.78 Å². The van der Waals surface area contributed by atoms with Crippen LogP contribution in [0.2, 0.25) is 0 Å². The van der Waals surface area contributed by atoms with Gasteiger partial charge in [-0.3, -0.25) is 0 Å². The molecule has 0 fully saturated rings. The maximum absolute atomic E-state index is 13.8. The lowest BCUT2D eigenvalue weighted by molar-refractivity contribution is 0.628. The number of hydrogen-bond donors (Lipinski definition) is 2. The highest BCUT2D eigenvalue weighted by atomic mass is 19.1. The highest BCUT2D eigenvalue weighted by Gasteiger charge is 2.13. The zero-order valence-corrected chi connectivity index (χ0v) is 10.7. The number of nitrogens with zero attached hydrogens (tertiary/aromatic N) is 3. The molecule has 1 aromatic carbocycles. The molecule has 0 aliphatic carbocycles. The number of anilines is 3. The predicted octanol–water partition coefficient (Wildman–Crippen LogP) is 2.55. The largest absolute Gasteiger partial charge is 0.394 e. The van der Waals surface area contributed by atoms with Gasteiger partial charge in [0, 0.05) is 6.54 Å². The molecule has 0 spiro atoms. The van der Waals surface area contributed by atoms with Crippen molar-refractivity contribution in [1.82, 2.24) is 9.78 Å². The second-order valence-corrected chi connectivity index (χ2v) is 4.09. The lowest BCUT2D eigenvalue weighted by Gasteiger charge is -2.10. The van der Waals surface area contributed by atoms with Gasteiger partial charge in [0.25, 0.3) is 0 Å². The molecule has 0 atom stereocenters. The molecule has 98 valence electrons. The summed E-state index contributed by atoms with van der Waals surface area (Å²) in [5, 5.41) is 15.9. The smallest absolute Gasteiger partial charge is 0.152 e. The molecular formula is C13H14FN5. The molecule has 0 saturated carbocycles. The first-order valence-corrected chi connectivity index (χ1v) is 5.86. The van der Waals surface area contributed by atoms with Gasteiger partial charge in [-0.05, 0) is 32.0 Å². The highest BCUT2D eigenvalue weighted by Crippen LogP contribution is 2.27. The monoisotopic (exact) mass is 259 g/mol. The minimum absolute atomic E-state index is 0.264. The van der Waals surface area contributed by atoms with Crippen molar-refractivity contribution < 1.29 is 4.39 Å². The molecule has 2 aromatic rings. The summed E-state index contributed by atoms with van der Waals surface area (Å²) in [5.41, 5.74) is 7.64. The van der Waals surface area contributed by atoms with Crippen LogP contribution in [0.25, 0.3) is 0 Å². The molecule has 19 heavy (non-hydrogen) atoms. The number of benzene rings is 1. The number of hydrogen-bond acceptors (Lipinski definition) is 4. The summed E-state index contributed by atoms with van der Waals surface area (Å²) in [7, 11) is 0. The van der Waals surface area contributed by atoms with Gasteiger partial charge in [0.2, 0.25) is 0 Å². The summed E-state index contributed by atoms with van der Waals surface area (Å²) in [6.45, 7) is 4.34. The van der Waals surface area contributed by atoms with Crippen LogP contribution in [0.5, 0.6) is 0 Å². The Morgan fingerprint density at radius 3 is 2.84 bits per heavy atom. The van der Waals surface area contributed by atoms with Crippen molar-refractivity contribution in [3.8, 4) is 6.07 Å². The van der Waals surface area contributed by atoms with E-state index >= 15 is 0 Å². The summed E-state index contributed by atoms with van der Waals surface area (Å²) in [4.78, 5) is 0. The second kappa shape index (κ2) is 4.98. The van der Waals surface area contributed by atoms with Crippen LogP contribution in [0.3, 0.4) is 0 Å². The minimum atomic E-state index is -0.500. The average molecular weight is 259 g/mol. The van der Waals surface area contributed by atoms with E-state index in [0.29, 0.717) is 23.7 Å². The van der Waals surface area contributed by atoms with Gasteiger partial charge in [-0.1, -0.05) is 0 Å². The van der Waals surface area contributed by atoms with Gasteiger partial charge in [-0.2, -0.15) is 10.4 Å². The molecular weight excluding hydrogens is 245 g/mol. The lowest BCUT2D eigenvalue weighted by Crippen LogP contribution is -2.05. The number of nitriles is 1. The van der Waals surface area contributed by atoms with Crippen molar-refractivity contribution in [3.05, 3.63) is 35.3 Å². The van der Waals surface area contributed by atoms with Crippen molar-refractivity contribution >= 4 is 17.2 Å². The summed E-state index contributed by atoms with van der Waals surface area (Å²) in [6.07, 6.45) is 0. The first kappa shape index (κ1) is 12.9. The molecule has 6 heteroatoms. The van der Waals surface area contributed by atoms with E-state index < -0.39 is 5.82 Å². The Morgan fingerprint density at radius 2 is 2.26 bits per heavy atom. The molecule has 0 bridgehead atoms. The van der Waals surface area contributed by atoms with Crippen molar-refractivity contribution in [3.63, 3.8) is 0 Å². The Kier molecular flexibility index (Phi) is 3.38. The molecule has 0 unspecified atom stereocenters. The van der Waals surface area contributed by atoms with Crippen molar-refractivity contribution in [2.45, 2.75) is 20.4 Å². The number of rotatable bonds is 3. The Hall–Kier alpha value is -2.55. The average Bonchev–Trinajstić information content (AvgIpc) is 2.68. The molecule has 2 rings (SSSR count). The van der Waals surface area contributed by atoms with Crippen LogP contribution < -0.4 is 11.1 Å². The van der Waals surface area contributed by atoms with Crippen molar-refractivity contribution in [2.75, 3.05) is 11.1 Å². The Morgan fingerprint density at radius 1 is 1.53 bits per heavy atom. The van der Waals surface area contributed by atoms with Gasteiger partial charge in [-0.15, -0.1) is 0 Å². The van der Waals surface area contributed by atoms with Gasteiger partial charge in [0.1, 0.15) is 5.82 Å². The van der Waals surface area contributed by atoms with Crippen LogP contribution in [-0.2, 0) is 6.54 Å². The van der Waals surface area contributed by atoms with E-state index in [1.807, 2.05) is 13.0 Å². The third-order valence-electron chi connectivity index (χ3n) is 2.82. The van der Waals surface area contributed by atoms with Gasteiger partial charge in [0.15, 0.2) is 5.82 Å². The molecule has 3 N–H and O–H groups in total. The van der Waals surface area contributed by atoms with Crippen molar-refractivity contribution in [2.24, 2.45) is 0 Å². The van der Waals surface area contributed by atoms with E-state index in [4.69, 9.17) is 11.0 Å². The molecule has 0 aliphatic heterocycles. The summed E-state index contributed by atoms with van der Waals surface area (Å²) < 4.78 is 15.5. The quantitative estimate of drug-likeness (QED) is 0.887. The second-order valence-electron chi connectivity index (χ2n) is 4.09. The fourth-order valence-corrected chi connectivity index (χ4v) is 1.77. The minimum Gasteiger partial charge on any atom is -0.394 e. The fourth-order valence-electron chi connectivity index (χ4n) is 1.77. The molecule has 5 nitrogen and oxygen atoms in total. The van der Waals surface area contributed by atoms with E-state index in [9.17, 15) is 4.39 Å². The number of halogens is 1.